The second kappa shape index (κ2) is 7.87. The average molecular weight is 386 g/mol. The number of nitrogens with zero attached hydrogens (tertiary/aromatic N) is 1. The molecule has 27 heavy (non-hydrogen) atoms. The standard InChI is InChI=1S/C19H22N4O3S/c1-10(2)17(20-11(3)24)18(26)23-19-22-15(9-27-19)13-4-6-14-12(8-13)5-7-16(25)21-14/h4,6,8-10,17H,5,7H2,1-3H3,(H,20,24)(H,21,25)(H,22,23,26)/t17-/m1/s1. The second-order valence-electron chi connectivity index (χ2n) is 6.87. The van der Waals surface area contributed by atoms with Crippen LogP contribution in [0.25, 0.3) is 11.3 Å². The molecule has 0 fully saturated rings. The molecule has 7 nitrogen and oxygen atoms in total. The summed E-state index contributed by atoms with van der Waals surface area (Å²) in [6, 6.07) is 5.19. The van der Waals surface area contributed by atoms with Gasteiger partial charge in [0.25, 0.3) is 0 Å². The molecule has 1 aliphatic heterocycles. The molecule has 3 amide bonds. The number of anilines is 2. The van der Waals surface area contributed by atoms with E-state index in [-0.39, 0.29) is 23.6 Å². The number of amides is 3. The van der Waals surface area contributed by atoms with Crippen LogP contribution in [0.2, 0.25) is 0 Å². The molecule has 0 saturated carbocycles. The van der Waals surface area contributed by atoms with Gasteiger partial charge in [-0.3, -0.25) is 14.4 Å². The summed E-state index contributed by atoms with van der Waals surface area (Å²) in [5.41, 5.74) is 3.62. The molecule has 1 aliphatic rings. The third-order valence-electron chi connectivity index (χ3n) is 4.34. The first-order valence-corrected chi connectivity index (χ1v) is 9.68. The van der Waals surface area contributed by atoms with Gasteiger partial charge in [-0.25, -0.2) is 4.98 Å². The highest BCUT2D eigenvalue weighted by Gasteiger charge is 2.24. The third-order valence-corrected chi connectivity index (χ3v) is 5.10. The highest BCUT2D eigenvalue weighted by atomic mass is 32.1. The fraction of sp³-hybridized carbons (Fsp3) is 0.368. The van der Waals surface area contributed by atoms with E-state index in [9.17, 15) is 14.4 Å². The van der Waals surface area contributed by atoms with Gasteiger partial charge in [0.05, 0.1) is 5.69 Å². The molecule has 2 aromatic rings. The maximum Gasteiger partial charge on any atom is 0.248 e. The Bertz CT molecular complexity index is 891. The number of rotatable bonds is 5. The Kier molecular flexibility index (Phi) is 5.55. The minimum Gasteiger partial charge on any atom is -0.344 e. The smallest absolute Gasteiger partial charge is 0.248 e. The second-order valence-corrected chi connectivity index (χ2v) is 7.73. The SMILES string of the molecule is CC(=O)N[C@@H](C(=O)Nc1nc(-c2ccc3c(c2)CCC(=O)N3)cs1)C(C)C. The highest BCUT2D eigenvalue weighted by molar-refractivity contribution is 7.14. The van der Waals surface area contributed by atoms with Gasteiger partial charge in [0, 0.05) is 30.0 Å². The van der Waals surface area contributed by atoms with Crippen LogP contribution in [-0.4, -0.2) is 28.7 Å². The molecule has 0 aliphatic carbocycles. The molecule has 1 aromatic carbocycles. The van der Waals surface area contributed by atoms with E-state index in [0.717, 1.165) is 22.5 Å². The van der Waals surface area contributed by atoms with E-state index in [2.05, 4.69) is 20.9 Å². The van der Waals surface area contributed by atoms with Gasteiger partial charge in [0.15, 0.2) is 5.13 Å². The van der Waals surface area contributed by atoms with Gasteiger partial charge >= 0.3 is 0 Å². The van der Waals surface area contributed by atoms with Crippen molar-refractivity contribution in [2.75, 3.05) is 10.6 Å². The monoisotopic (exact) mass is 386 g/mol. The predicted octanol–water partition coefficient (Wildman–Crippen LogP) is 2.79. The van der Waals surface area contributed by atoms with Gasteiger partial charge in [0.2, 0.25) is 17.7 Å². The fourth-order valence-electron chi connectivity index (χ4n) is 2.94. The molecule has 1 aromatic heterocycles. The van der Waals surface area contributed by atoms with Gasteiger partial charge in [-0.05, 0) is 30.0 Å². The lowest BCUT2D eigenvalue weighted by Crippen LogP contribution is -2.46. The molecule has 3 N–H and O–H groups in total. The fourth-order valence-corrected chi connectivity index (χ4v) is 3.67. The van der Waals surface area contributed by atoms with Crippen LogP contribution in [0.5, 0.6) is 0 Å². The lowest BCUT2D eigenvalue weighted by atomic mass is 9.99. The lowest BCUT2D eigenvalue weighted by Gasteiger charge is -2.20. The Morgan fingerprint density at radius 3 is 2.74 bits per heavy atom. The molecule has 2 heterocycles. The number of hydrogen-bond acceptors (Lipinski definition) is 5. The minimum atomic E-state index is -0.609. The third kappa shape index (κ3) is 4.51. The number of benzene rings is 1. The molecule has 0 bridgehead atoms. The van der Waals surface area contributed by atoms with Crippen LogP contribution in [0.1, 0.15) is 32.8 Å². The summed E-state index contributed by atoms with van der Waals surface area (Å²) in [6.07, 6.45) is 1.18. The van der Waals surface area contributed by atoms with E-state index in [4.69, 9.17) is 0 Å². The van der Waals surface area contributed by atoms with Crippen LogP contribution in [0, 0.1) is 5.92 Å². The number of carbonyl (C=O) groups excluding carboxylic acids is 3. The average Bonchev–Trinajstić information content (AvgIpc) is 3.07. The van der Waals surface area contributed by atoms with Crippen molar-refractivity contribution < 1.29 is 14.4 Å². The molecule has 3 rings (SSSR count). The van der Waals surface area contributed by atoms with E-state index >= 15 is 0 Å². The summed E-state index contributed by atoms with van der Waals surface area (Å²) >= 11 is 1.33. The van der Waals surface area contributed by atoms with Crippen molar-refractivity contribution in [3.8, 4) is 11.3 Å². The minimum absolute atomic E-state index is 0.0350. The Morgan fingerprint density at radius 2 is 2.04 bits per heavy atom. The first-order valence-electron chi connectivity index (χ1n) is 8.80. The van der Waals surface area contributed by atoms with E-state index in [1.54, 1.807) is 0 Å². The molecule has 0 saturated heterocycles. The molecule has 1 atom stereocenters. The topological polar surface area (TPSA) is 100 Å². The Morgan fingerprint density at radius 1 is 1.26 bits per heavy atom. The Balaban J connectivity index is 1.74. The maximum atomic E-state index is 12.5. The summed E-state index contributed by atoms with van der Waals surface area (Å²) in [5, 5.41) is 10.7. The van der Waals surface area contributed by atoms with Crippen LogP contribution in [-0.2, 0) is 20.8 Å². The van der Waals surface area contributed by atoms with Crippen molar-refractivity contribution in [3.05, 3.63) is 29.1 Å². The Hall–Kier alpha value is -2.74. The molecule has 0 spiro atoms. The number of nitrogens with one attached hydrogen (secondary N) is 3. The summed E-state index contributed by atoms with van der Waals surface area (Å²) < 4.78 is 0. The van der Waals surface area contributed by atoms with Crippen molar-refractivity contribution in [2.45, 2.75) is 39.7 Å². The van der Waals surface area contributed by atoms with E-state index in [1.807, 2.05) is 37.4 Å². The predicted molar refractivity (Wildman–Crippen MR) is 106 cm³/mol. The van der Waals surface area contributed by atoms with Crippen LogP contribution >= 0.6 is 11.3 Å². The zero-order valence-electron chi connectivity index (χ0n) is 15.5. The van der Waals surface area contributed by atoms with Gasteiger partial charge in [-0.15, -0.1) is 11.3 Å². The van der Waals surface area contributed by atoms with Gasteiger partial charge in [0.1, 0.15) is 6.04 Å². The van der Waals surface area contributed by atoms with E-state index in [0.29, 0.717) is 18.0 Å². The van der Waals surface area contributed by atoms with Crippen molar-refractivity contribution in [3.63, 3.8) is 0 Å². The number of aromatic nitrogens is 1. The zero-order chi connectivity index (χ0) is 19.6. The van der Waals surface area contributed by atoms with Crippen molar-refractivity contribution in [2.24, 2.45) is 5.92 Å². The van der Waals surface area contributed by atoms with E-state index < -0.39 is 6.04 Å². The number of thiazole rings is 1. The van der Waals surface area contributed by atoms with Gasteiger partial charge in [-0.1, -0.05) is 19.9 Å². The van der Waals surface area contributed by atoms with E-state index in [1.165, 1.54) is 18.3 Å². The summed E-state index contributed by atoms with van der Waals surface area (Å²) in [5.74, 6) is -0.531. The number of aryl methyl sites for hydroxylation is 1. The summed E-state index contributed by atoms with van der Waals surface area (Å²) in [7, 11) is 0. The molecular formula is C19H22N4O3S. The quantitative estimate of drug-likeness (QED) is 0.736. The van der Waals surface area contributed by atoms with Crippen LogP contribution in [0.4, 0.5) is 10.8 Å². The molecular weight excluding hydrogens is 364 g/mol. The maximum absolute atomic E-state index is 12.5. The van der Waals surface area contributed by atoms with Crippen molar-refractivity contribution in [1.82, 2.24) is 10.3 Å². The molecule has 142 valence electrons. The normalized spacial score (nSPS) is 14.3. The first kappa shape index (κ1) is 19.0. The lowest BCUT2D eigenvalue weighted by molar-refractivity contribution is -0.126. The highest BCUT2D eigenvalue weighted by Crippen LogP contribution is 2.30. The largest absolute Gasteiger partial charge is 0.344 e. The summed E-state index contributed by atoms with van der Waals surface area (Å²) in [6.45, 7) is 5.14. The number of fused-ring (bicyclic) bond motifs is 1. The van der Waals surface area contributed by atoms with Crippen LogP contribution in [0.3, 0.4) is 0 Å². The molecule has 8 heteroatoms. The van der Waals surface area contributed by atoms with Gasteiger partial charge in [-0.2, -0.15) is 0 Å². The van der Waals surface area contributed by atoms with Crippen LogP contribution in [0.15, 0.2) is 23.6 Å². The Labute approximate surface area is 161 Å². The van der Waals surface area contributed by atoms with Crippen LogP contribution < -0.4 is 16.0 Å². The molecule has 0 unspecified atom stereocenters. The van der Waals surface area contributed by atoms with Crippen molar-refractivity contribution in [1.29, 1.82) is 0 Å². The summed E-state index contributed by atoms with van der Waals surface area (Å²) in [4.78, 5) is 39.7. The van der Waals surface area contributed by atoms with Crippen molar-refractivity contribution >= 4 is 39.9 Å². The number of hydrogen-bond donors (Lipinski definition) is 3. The first-order chi connectivity index (χ1) is 12.8. The van der Waals surface area contributed by atoms with Gasteiger partial charge < -0.3 is 16.0 Å². The zero-order valence-corrected chi connectivity index (χ0v) is 16.3. The molecule has 0 radical (unpaired) electrons. The number of carbonyl (C=O) groups is 3.